The second-order valence-electron chi connectivity index (χ2n) is 4.84. The topological polar surface area (TPSA) is 60.2 Å². The van der Waals surface area contributed by atoms with Crippen LogP contribution in [0.1, 0.15) is 16.7 Å². The van der Waals surface area contributed by atoms with Gasteiger partial charge in [-0.2, -0.15) is 0 Å². The molecule has 0 amide bonds. The molecular weight excluding hydrogens is 294 g/mol. The van der Waals surface area contributed by atoms with Gasteiger partial charge in [-0.1, -0.05) is 41.5 Å². The van der Waals surface area contributed by atoms with Crippen LogP contribution < -0.4 is 5.14 Å². The van der Waals surface area contributed by atoms with Gasteiger partial charge in [-0.15, -0.1) is 11.6 Å². The quantitative estimate of drug-likeness (QED) is 0.884. The summed E-state index contributed by atoms with van der Waals surface area (Å²) in [5.41, 5.74) is 4.34. The van der Waals surface area contributed by atoms with E-state index in [1.54, 1.807) is 6.07 Å². The zero-order valence-corrected chi connectivity index (χ0v) is 12.9. The van der Waals surface area contributed by atoms with Crippen molar-refractivity contribution in [2.45, 2.75) is 24.6 Å². The van der Waals surface area contributed by atoms with Gasteiger partial charge in [0.15, 0.2) is 0 Å². The van der Waals surface area contributed by atoms with Crippen molar-refractivity contribution < 1.29 is 8.42 Å². The Bertz CT molecular complexity index is 754. The minimum atomic E-state index is -3.78. The number of rotatable bonds is 3. The van der Waals surface area contributed by atoms with Crippen LogP contribution >= 0.6 is 11.6 Å². The first-order chi connectivity index (χ1) is 9.32. The zero-order chi connectivity index (χ0) is 14.9. The summed E-state index contributed by atoms with van der Waals surface area (Å²) in [4.78, 5) is 0.123. The van der Waals surface area contributed by atoms with Crippen LogP contribution in [0.25, 0.3) is 11.1 Å². The van der Waals surface area contributed by atoms with E-state index in [0.29, 0.717) is 11.4 Å². The molecule has 0 unspecified atom stereocenters. The molecule has 0 aromatic heterocycles. The van der Waals surface area contributed by atoms with Gasteiger partial charge in [0.25, 0.3) is 0 Å². The lowest BCUT2D eigenvalue weighted by molar-refractivity contribution is 0.598. The standard InChI is InChI=1S/C15H16ClNO2S/c1-10-3-5-13(12(7-10)9-16)14-8-11(2)4-6-15(14)20(17,18)19/h3-8H,9H2,1-2H3,(H2,17,18,19). The molecule has 0 fully saturated rings. The fourth-order valence-electron chi connectivity index (χ4n) is 2.20. The molecule has 20 heavy (non-hydrogen) atoms. The van der Waals surface area contributed by atoms with Gasteiger partial charge in [0.2, 0.25) is 10.0 Å². The Labute approximate surface area is 124 Å². The summed E-state index contributed by atoms with van der Waals surface area (Å²) in [6.07, 6.45) is 0. The fourth-order valence-corrected chi connectivity index (χ4v) is 3.15. The monoisotopic (exact) mass is 309 g/mol. The zero-order valence-electron chi connectivity index (χ0n) is 11.4. The van der Waals surface area contributed by atoms with Gasteiger partial charge in [-0.3, -0.25) is 0 Å². The number of aryl methyl sites for hydroxylation is 2. The summed E-state index contributed by atoms with van der Waals surface area (Å²) in [5.74, 6) is 0.314. The van der Waals surface area contributed by atoms with Crippen molar-refractivity contribution in [1.82, 2.24) is 0 Å². The van der Waals surface area contributed by atoms with Crippen molar-refractivity contribution in [3.8, 4) is 11.1 Å². The number of primary sulfonamides is 1. The Morgan fingerprint density at radius 3 is 2.20 bits per heavy atom. The first kappa shape index (κ1) is 15.0. The molecule has 2 rings (SSSR count). The SMILES string of the molecule is Cc1ccc(-c2cc(C)ccc2S(N)(=O)=O)c(CCl)c1. The van der Waals surface area contributed by atoms with Gasteiger partial charge < -0.3 is 0 Å². The second kappa shape index (κ2) is 5.56. The van der Waals surface area contributed by atoms with Crippen LogP contribution in [0.2, 0.25) is 0 Å². The third kappa shape index (κ3) is 3.03. The third-order valence-electron chi connectivity index (χ3n) is 3.14. The van der Waals surface area contributed by atoms with Crippen LogP contribution in [0.4, 0.5) is 0 Å². The van der Waals surface area contributed by atoms with Gasteiger partial charge >= 0.3 is 0 Å². The molecule has 0 aliphatic carbocycles. The number of halogens is 1. The van der Waals surface area contributed by atoms with Crippen LogP contribution in [0.15, 0.2) is 41.3 Å². The maximum Gasteiger partial charge on any atom is 0.238 e. The summed E-state index contributed by atoms with van der Waals surface area (Å²) < 4.78 is 23.5. The third-order valence-corrected chi connectivity index (χ3v) is 4.39. The molecule has 0 spiro atoms. The maximum atomic E-state index is 11.7. The van der Waals surface area contributed by atoms with Crippen LogP contribution in [0.3, 0.4) is 0 Å². The van der Waals surface area contributed by atoms with Crippen molar-refractivity contribution in [2.24, 2.45) is 5.14 Å². The molecule has 0 aliphatic heterocycles. The molecule has 0 saturated carbocycles. The highest BCUT2D eigenvalue weighted by Gasteiger charge is 2.17. The largest absolute Gasteiger partial charge is 0.238 e. The minimum Gasteiger partial charge on any atom is -0.225 e. The highest BCUT2D eigenvalue weighted by molar-refractivity contribution is 7.89. The molecule has 0 atom stereocenters. The van der Waals surface area contributed by atoms with Crippen LogP contribution in [-0.2, 0) is 15.9 Å². The van der Waals surface area contributed by atoms with E-state index >= 15 is 0 Å². The highest BCUT2D eigenvalue weighted by atomic mass is 35.5. The summed E-state index contributed by atoms with van der Waals surface area (Å²) in [5, 5.41) is 5.31. The van der Waals surface area contributed by atoms with Crippen LogP contribution in [0, 0.1) is 13.8 Å². The maximum absolute atomic E-state index is 11.7. The van der Waals surface area contributed by atoms with Crippen LogP contribution in [-0.4, -0.2) is 8.42 Å². The first-order valence-electron chi connectivity index (χ1n) is 6.12. The number of hydrogen-bond donors (Lipinski definition) is 1. The normalized spacial score (nSPS) is 11.6. The summed E-state index contributed by atoms with van der Waals surface area (Å²) in [7, 11) is -3.78. The fraction of sp³-hybridized carbons (Fsp3) is 0.200. The Balaban J connectivity index is 2.78. The highest BCUT2D eigenvalue weighted by Crippen LogP contribution is 2.31. The summed E-state index contributed by atoms with van der Waals surface area (Å²) in [6, 6.07) is 10.9. The summed E-state index contributed by atoms with van der Waals surface area (Å²) in [6.45, 7) is 3.88. The van der Waals surface area contributed by atoms with E-state index in [9.17, 15) is 8.42 Å². The smallest absolute Gasteiger partial charge is 0.225 e. The molecular formula is C15H16ClNO2S. The lowest BCUT2D eigenvalue weighted by Crippen LogP contribution is -2.13. The molecule has 0 heterocycles. The summed E-state index contributed by atoms with van der Waals surface area (Å²) >= 11 is 5.98. The average Bonchev–Trinajstić information content (AvgIpc) is 2.37. The number of benzene rings is 2. The minimum absolute atomic E-state index is 0.123. The number of sulfonamides is 1. The predicted octanol–water partition coefficient (Wildman–Crippen LogP) is 3.36. The first-order valence-corrected chi connectivity index (χ1v) is 8.20. The second-order valence-corrected chi connectivity index (χ2v) is 6.64. The van der Waals surface area contributed by atoms with Crippen molar-refractivity contribution in [3.05, 3.63) is 53.1 Å². The molecule has 106 valence electrons. The van der Waals surface area contributed by atoms with Crippen molar-refractivity contribution in [1.29, 1.82) is 0 Å². The molecule has 0 bridgehead atoms. The Morgan fingerprint density at radius 1 is 1.00 bits per heavy atom. The Hall–Kier alpha value is -1.36. The Morgan fingerprint density at radius 2 is 1.60 bits per heavy atom. The molecule has 0 radical (unpaired) electrons. The van der Waals surface area contributed by atoms with E-state index in [0.717, 1.165) is 22.3 Å². The van der Waals surface area contributed by atoms with E-state index in [-0.39, 0.29) is 4.90 Å². The van der Waals surface area contributed by atoms with E-state index in [1.165, 1.54) is 6.07 Å². The predicted molar refractivity (Wildman–Crippen MR) is 82.3 cm³/mol. The molecule has 2 aromatic rings. The lowest BCUT2D eigenvalue weighted by atomic mass is 9.97. The molecule has 3 nitrogen and oxygen atoms in total. The van der Waals surface area contributed by atoms with E-state index in [1.807, 2.05) is 38.1 Å². The molecule has 0 saturated heterocycles. The van der Waals surface area contributed by atoms with Gasteiger partial charge in [0, 0.05) is 11.4 Å². The molecule has 5 heteroatoms. The van der Waals surface area contributed by atoms with Gasteiger partial charge in [0.05, 0.1) is 4.90 Å². The van der Waals surface area contributed by atoms with Crippen molar-refractivity contribution in [2.75, 3.05) is 0 Å². The van der Waals surface area contributed by atoms with Crippen molar-refractivity contribution in [3.63, 3.8) is 0 Å². The van der Waals surface area contributed by atoms with Gasteiger partial charge in [-0.05, 0) is 31.0 Å². The molecule has 2 aromatic carbocycles. The molecule has 2 N–H and O–H groups in total. The number of alkyl halides is 1. The van der Waals surface area contributed by atoms with E-state index in [4.69, 9.17) is 16.7 Å². The van der Waals surface area contributed by atoms with Crippen LogP contribution in [0.5, 0.6) is 0 Å². The number of nitrogens with two attached hydrogens (primary N) is 1. The molecule has 0 aliphatic rings. The van der Waals surface area contributed by atoms with E-state index in [2.05, 4.69) is 0 Å². The lowest BCUT2D eigenvalue weighted by Gasteiger charge is -2.13. The van der Waals surface area contributed by atoms with Gasteiger partial charge in [-0.25, -0.2) is 13.6 Å². The van der Waals surface area contributed by atoms with E-state index < -0.39 is 10.0 Å². The van der Waals surface area contributed by atoms with Gasteiger partial charge in [0.1, 0.15) is 0 Å². The Kier molecular flexibility index (Phi) is 4.18. The van der Waals surface area contributed by atoms with Crippen molar-refractivity contribution >= 4 is 21.6 Å². The average molecular weight is 310 g/mol. The number of hydrogen-bond acceptors (Lipinski definition) is 2.